The van der Waals surface area contributed by atoms with Gasteiger partial charge in [0.05, 0.1) is 6.10 Å². The van der Waals surface area contributed by atoms with E-state index >= 15 is 0 Å². The van der Waals surface area contributed by atoms with Gasteiger partial charge in [-0.05, 0) is 45.7 Å². The second-order valence-electron chi connectivity index (χ2n) is 9.94. The third-order valence-corrected chi connectivity index (χ3v) is 5.69. The molecule has 0 fully saturated rings. The Bertz CT molecular complexity index is 915. The van der Waals surface area contributed by atoms with Crippen LogP contribution >= 0.6 is 0 Å². The van der Waals surface area contributed by atoms with E-state index in [-0.39, 0.29) is 62.5 Å². The second-order valence-corrected chi connectivity index (χ2v) is 9.94. The van der Waals surface area contributed by atoms with Crippen LogP contribution in [0.25, 0.3) is 0 Å². The average molecular weight is 522 g/mol. The van der Waals surface area contributed by atoms with Crippen LogP contribution in [0, 0.1) is 5.41 Å². The van der Waals surface area contributed by atoms with Crippen LogP contribution < -0.4 is 16.0 Å². The molecule has 4 N–H and O–H groups in total. The standard InChI is InChI=1S/C27H43N3O7/c1-7-24(33)37-17-20-9-10-21(30-18(2)3)16-22(20)25(34)28-13-14-29-26(35)27(5,6)12-15-36-19(4)8-11-23(31)32/h9-10,16,18-19,30H,7-8,11-15,17H2,1-6H3,(H,28,34)(H,29,35)(H,31,32). The Kier molecular flexibility index (Phi) is 13.7. The van der Waals surface area contributed by atoms with Crippen molar-refractivity contribution in [2.24, 2.45) is 5.41 Å². The third kappa shape index (κ3) is 12.6. The quantitative estimate of drug-likeness (QED) is 0.180. The Labute approximate surface area is 219 Å². The Morgan fingerprint density at radius 1 is 1.05 bits per heavy atom. The number of rotatable bonds is 17. The number of nitrogens with one attached hydrogen (secondary N) is 3. The summed E-state index contributed by atoms with van der Waals surface area (Å²) in [6.45, 7) is 11.9. The van der Waals surface area contributed by atoms with E-state index in [1.165, 1.54) is 0 Å². The summed E-state index contributed by atoms with van der Waals surface area (Å²) in [5.74, 6) is -1.70. The number of carbonyl (C=O) groups is 4. The molecule has 0 saturated carbocycles. The number of ether oxygens (including phenoxy) is 2. The highest BCUT2D eigenvalue weighted by molar-refractivity contribution is 5.96. The number of anilines is 1. The van der Waals surface area contributed by atoms with Crippen LogP contribution in [0.5, 0.6) is 0 Å². The maximum Gasteiger partial charge on any atom is 0.305 e. The lowest BCUT2D eigenvalue weighted by atomic mass is 9.88. The van der Waals surface area contributed by atoms with Gasteiger partial charge in [-0.15, -0.1) is 0 Å². The SMILES string of the molecule is CCC(=O)OCc1ccc(NC(C)C)cc1C(=O)NCCNC(=O)C(C)(C)CCOC(C)CCC(=O)O. The van der Waals surface area contributed by atoms with Gasteiger partial charge in [-0.1, -0.05) is 26.8 Å². The average Bonchev–Trinajstić information content (AvgIpc) is 2.83. The van der Waals surface area contributed by atoms with Crippen molar-refractivity contribution in [1.29, 1.82) is 0 Å². The summed E-state index contributed by atoms with van der Waals surface area (Å²) in [5, 5.41) is 17.7. The Morgan fingerprint density at radius 3 is 2.35 bits per heavy atom. The molecule has 1 rings (SSSR count). The van der Waals surface area contributed by atoms with Crippen molar-refractivity contribution in [3.63, 3.8) is 0 Å². The molecule has 0 saturated heterocycles. The predicted molar refractivity (Wildman–Crippen MR) is 141 cm³/mol. The van der Waals surface area contributed by atoms with Crippen molar-refractivity contribution in [3.05, 3.63) is 29.3 Å². The van der Waals surface area contributed by atoms with Crippen molar-refractivity contribution in [1.82, 2.24) is 10.6 Å². The molecule has 10 heteroatoms. The maximum atomic E-state index is 12.9. The molecular weight excluding hydrogens is 478 g/mol. The van der Waals surface area contributed by atoms with E-state index in [0.717, 1.165) is 5.69 Å². The zero-order valence-electron chi connectivity index (χ0n) is 22.9. The van der Waals surface area contributed by atoms with E-state index in [9.17, 15) is 19.2 Å². The van der Waals surface area contributed by atoms with Gasteiger partial charge >= 0.3 is 11.9 Å². The minimum Gasteiger partial charge on any atom is -0.481 e. The lowest BCUT2D eigenvalue weighted by Crippen LogP contribution is -2.41. The van der Waals surface area contributed by atoms with Crippen molar-refractivity contribution < 1.29 is 33.8 Å². The molecule has 1 unspecified atom stereocenters. The van der Waals surface area contributed by atoms with Gasteiger partial charge in [-0.3, -0.25) is 19.2 Å². The first-order chi connectivity index (χ1) is 17.4. The topological polar surface area (TPSA) is 143 Å². The van der Waals surface area contributed by atoms with Crippen LogP contribution in [0.4, 0.5) is 5.69 Å². The molecule has 0 radical (unpaired) electrons. The Hall–Kier alpha value is -3.14. The number of carbonyl (C=O) groups excluding carboxylic acids is 3. The minimum atomic E-state index is -0.863. The van der Waals surface area contributed by atoms with Crippen LogP contribution in [0.3, 0.4) is 0 Å². The largest absolute Gasteiger partial charge is 0.481 e. The fraction of sp³-hybridized carbons (Fsp3) is 0.630. The molecule has 0 aliphatic carbocycles. The number of esters is 1. The number of benzene rings is 1. The summed E-state index contributed by atoms with van der Waals surface area (Å²) in [7, 11) is 0. The van der Waals surface area contributed by atoms with E-state index in [1.54, 1.807) is 19.1 Å². The van der Waals surface area contributed by atoms with Crippen molar-refractivity contribution in [2.45, 2.75) is 86.0 Å². The molecule has 0 aliphatic heterocycles. The highest BCUT2D eigenvalue weighted by Crippen LogP contribution is 2.21. The highest BCUT2D eigenvalue weighted by Gasteiger charge is 2.27. The molecule has 0 aliphatic rings. The third-order valence-electron chi connectivity index (χ3n) is 5.69. The zero-order valence-corrected chi connectivity index (χ0v) is 22.9. The smallest absolute Gasteiger partial charge is 0.305 e. The first-order valence-electron chi connectivity index (χ1n) is 12.8. The van der Waals surface area contributed by atoms with E-state index in [4.69, 9.17) is 14.6 Å². The molecule has 0 bridgehead atoms. The monoisotopic (exact) mass is 521 g/mol. The van der Waals surface area contributed by atoms with Crippen molar-refractivity contribution in [3.8, 4) is 0 Å². The summed E-state index contributed by atoms with van der Waals surface area (Å²) < 4.78 is 10.9. The molecule has 10 nitrogen and oxygen atoms in total. The zero-order chi connectivity index (χ0) is 28.0. The summed E-state index contributed by atoms with van der Waals surface area (Å²) in [4.78, 5) is 47.8. The molecular formula is C27H43N3O7. The molecule has 1 atom stereocenters. The molecule has 1 aromatic rings. The first-order valence-corrected chi connectivity index (χ1v) is 12.8. The fourth-order valence-corrected chi connectivity index (χ4v) is 3.32. The minimum absolute atomic E-state index is 0.000688. The number of carboxylic acids is 1. The van der Waals surface area contributed by atoms with E-state index in [1.807, 2.05) is 40.7 Å². The molecule has 0 heterocycles. The number of aliphatic carboxylic acids is 1. The Morgan fingerprint density at radius 2 is 1.73 bits per heavy atom. The molecule has 208 valence electrons. The summed E-state index contributed by atoms with van der Waals surface area (Å²) in [6, 6.07) is 5.50. The lowest BCUT2D eigenvalue weighted by Gasteiger charge is -2.24. The molecule has 0 aromatic heterocycles. The van der Waals surface area contributed by atoms with Crippen LogP contribution in [-0.2, 0) is 30.5 Å². The van der Waals surface area contributed by atoms with Gasteiger partial charge in [0.1, 0.15) is 6.61 Å². The molecule has 37 heavy (non-hydrogen) atoms. The van der Waals surface area contributed by atoms with Gasteiger partial charge in [0.25, 0.3) is 5.91 Å². The van der Waals surface area contributed by atoms with Gasteiger partial charge in [-0.2, -0.15) is 0 Å². The second kappa shape index (κ2) is 15.9. The summed E-state index contributed by atoms with van der Waals surface area (Å²) in [6.07, 6.45) is 0.981. The van der Waals surface area contributed by atoms with Gasteiger partial charge in [0, 0.05) is 60.8 Å². The fourth-order valence-electron chi connectivity index (χ4n) is 3.32. The van der Waals surface area contributed by atoms with Crippen LogP contribution in [0.15, 0.2) is 18.2 Å². The van der Waals surface area contributed by atoms with Gasteiger partial charge in [0.2, 0.25) is 5.91 Å². The van der Waals surface area contributed by atoms with E-state index < -0.39 is 11.4 Å². The summed E-state index contributed by atoms with van der Waals surface area (Å²) >= 11 is 0. The number of hydrogen-bond acceptors (Lipinski definition) is 7. The highest BCUT2D eigenvalue weighted by atomic mass is 16.5. The van der Waals surface area contributed by atoms with E-state index in [0.29, 0.717) is 30.6 Å². The molecule has 0 spiro atoms. The van der Waals surface area contributed by atoms with Crippen LogP contribution in [0.1, 0.15) is 83.1 Å². The van der Waals surface area contributed by atoms with Gasteiger partial charge in [0.15, 0.2) is 0 Å². The maximum absolute atomic E-state index is 12.9. The summed E-state index contributed by atoms with van der Waals surface area (Å²) in [5.41, 5.74) is 1.08. The van der Waals surface area contributed by atoms with Crippen molar-refractivity contribution >= 4 is 29.4 Å². The normalized spacial score (nSPS) is 12.1. The number of hydrogen-bond donors (Lipinski definition) is 4. The van der Waals surface area contributed by atoms with Crippen LogP contribution in [-0.4, -0.2) is 60.7 Å². The Balaban J connectivity index is 2.60. The molecule has 1 aromatic carbocycles. The van der Waals surface area contributed by atoms with Crippen LogP contribution in [0.2, 0.25) is 0 Å². The van der Waals surface area contributed by atoms with Crippen molar-refractivity contribution in [2.75, 3.05) is 25.0 Å². The van der Waals surface area contributed by atoms with Gasteiger partial charge in [-0.25, -0.2) is 0 Å². The number of amides is 2. The number of carboxylic acid groups (broad SMARTS) is 1. The first kappa shape index (κ1) is 31.9. The van der Waals surface area contributed by atoms with E-state index in [2.05, 4.69) is 16.0 Å². The lowest BCUT2D eigenvalue weighted by molar-refractivity contribution is -0.144. The molecule has 2 amide bonds. The van der Waals surface area contributed by atoms with Gasteiger partial charge < -0.3 is 30.5 Å². The predicted octanol–water partition coefficient (Wildman–Crippen LogP) is 3.49.